The summed E-state index contributed by atoms with van der Waals surface area (Å²) in [7, 11) is 0. The average Bonchev–Trinajstić information content (AvgIpc) is 2.02. The van der Waals surface area contributed by atoms with Gasteiger partial charge in [-0.1, -0.05) is 32.4 Å². The zero-order valence-corrected chi connectivity index (χ0v) is 9.94. The van der Waals surface area contributed by atoms with Crippen molar-refractivity contribution in [3.05, 3.63) is 27.8 Å². The zero-order chi connectivity index (χ0) is 10.9. The molecule has 78 valence electrons. The van der Waals surface area contributed by atoms with E-state index in [1.54, 1.807) is 0 Å². The first-order chi connectivity index (χ1) is 6.49. The fourth-order valence-corrected chi connectivity index (χ4v) is 2.28. The van der Waals surface area contributed by atoms with Gasteiger partial charge in [-0.2, -0.15) is 0 Å². The van der Waals surface area contributed by atoms with E-state index in [1.807, 2.05) is 33.8 Å². The highest BCUT2D eigenvalue weighted by atomic mass is 35.5. The monoisotopic (exact) mass is 212 g/mol. The van der Waals surface area contributed by atoms with E-state index in [-0.39, 0.29) is 5.92 Å². The maximum atomic E-state index is 10.0. The lowest BCUT2D eigenvalue weighted by Gasteiger charge is -2.16. The molecule has 0 aliphatic heterocycles. The molecule has 1 aromatic carbocycles. The molecule has 14 heavy (non-hydrogen) atoms. The second-order valence-corrected chi connectivity index (χ2v) is 4.33. The van der Waals surface area contributed by atoms with Crippen LogP contribution in [0.2, 0.25) is 5.02 Å². The largest absolute Gasteiger partial charge is 0.507 e. The van der Waals surface area contributed by atoms with Crippen LogP contribution in [0.1, 0.15) is 43.4 Å². The van der Waals surface area contributed by atoms with E-state index < -0.39 is 0 Å². The summed E-state index contributed by atoms with van der Waals surface area (Å²) in [6, 6.07) is 1.94. The van der Waals surface area contributed by atoms with E-state index in [2.05, 4.69) is 0 Å². The van der Waals surface area contributed by atoms with E-state index >= 15 is 0 Å². The average molecular weight is 213 g/mol. The Morgan fingerprint density at radius 3 is 2.43 bits per heavy atom. The number of aromatic hydroxyl groups is 1. The number of rotatable bonds is 2. The Labute approximate surface area is 90.7 Å². The first kappa shape index (κ1) is 11.4. The molecule has 1 N–H and O–H groups in total. The summed E-state index contributed by atoms with van der Waals surface area (Å²) in [5, 5.41) is 10.7. The number of benzene rings is 1. The van der Waals surface area contributed by atoms with Crippen molar-refractivity contribution in [2.24, 2.45) is 0 Å². The van der Waals surface area contributed by atoms with Gasteiger partial charge in [0.05, 0.1) is 0 Å². The molecule has 0 bridgehead atoms. The Morgan fingerprint density at radius 2 is 2.00 bits per heavy atom. The third-order valence-corrected chi connectivity index (χ3v) is 2.86. The molecule has 0 fully saturated rings. The lowest BCUT2D eigenvalue weighted by Crippen LogP contribution is -1.96. The highest BCUT2D eigenvalue weighted by Crippen LogP contribution is 2.37. The van der Waals surface area contributed by atoms with E-state index in [0.29, 0.717) is 10.8 Å². The first-order valence-electron chi connectivity index (χ1n) is 4.99. The first-order valence-corrected chi connectivity index (χ1v) is 5.37. The van der Waals surface area contributed by atoms with Crippen molar-refractivity contribution in [3.63, 3.8) is 0 Å². The molecular formula is C12H17ClO. The molecule has 0 amide bonds. The number of phenolic OH excluding ortho intramolecular Hbond substituents is 1. The molecule has 1 nitrogen and oxygen atoms in total. The van der Waals surface area contributed by atoms with E-state index in [0.717, 1.165) is 23.1 Å². The lowest BCUT2D eigenvalue weighted by molar-refractivity contribution is 0.458. The molecule has 0 unspecified atom stereocenters. The molecule has 0 aliphatic rings. The van der Waals surface area contributed by atoms with Gasteiger partial charge in [-0.15, -0.1) is 0 Å². The van der Waals surface area contributed by atoms with Crippen LogP contribution < -0.4 is 0 Å². The van der Waals surface area contributed by atoms with Gasteiger partial charge in [-0.3, -0.25) is 0 Å². The summed E-state index contributed by atoms with van der Waals surface area (Å²) in [6.45, 7) is 8.10. The number of halogens is 1. The quantitative estimate of drug-likeness (QED) is 0.785. The van der Waals surface area contributed by atoms with Crippen molar-refractivity contribution in [1.82, 2.24) is 0 Å². The van der Waals surface area contributed by atoms with Crippen LogP contribution >= 0.6 is 11.6 Å². The highest BCUT2D eigenvalue weighted by molar-refractivity contribution is 6.31. The second kappa shape index (κ2) is 4.22. The topological polar surface area (TPSA) is 20.2 Å². The maximum Gasteiger partial charge on any atom is 0.123 e. The second-order valence-electron chi connectivity index (χ2n) is 3.92. The lowest BCUT2D eigenvalue weighted by atomic mass is 9.95. The van der Waals surface area contributed by atoms with Crippen LogP contribution in [0.5, 0.6) is 5.75 Å². The summed E-state index contributed by atoms with van der Waals surface area (Å²) >= 11 is 6.10. The summed E-state index contributed by atoms with van der Waals surface area (Å²) in [5.41, 5.74) is 2.95. The van der Waals surface area contributed by atoms with Gasteiger partial charge in [0.1, 0.15) is 5.75 Å². The van der Waals surface area contributed by atoms with Crippen LogP contribution in [0.15, 0.2) is 6.07 Å². The predicted octanol–water partition coefficient (Wildman–Crippen LogP) is 4.04. The summed E-state index contributed by atoms with van der Waals surface area (Å²) in [6.07, 6.45) is 0.842. The van der Waals surface area contributed by atoms with Crippen LogP contribution in [-0.4, -0.2) is 5.11 Å². The summed E-state index contributed by atoms with van der Waals surface area (Å²) in [5.74, 6) is 0.640. The Balaban J connectivity index is 3.44. The number of hydrogen-bond acceptors (Lipinski definition) is 1. The Hall–Kier alpha value is -0.690. The third-order valence-electron chi connectivity index (χ3n) is 2.55. The standard InChI is InChI=1S/C12H17ClO/c1-5-9-8(4)6-10(13)11(7(2)3)12(9)14/h6-7,14H,5H2,1-4H3. The van der Waals surface area contributed by atoms with Crippen molar-refractivity contribution in [3.8, 4) is 5.75 Å². The van der Waals surface area contributed by atoms with E-state index in [9.17, 15) is 5.11 Å². The zero-order valence-electron chi connectivity index (χ0n) is 9.19. The van der Waals surface area contributed by atoms with Crippen molar-refractivity contribution in [1.29, 1.82) is 0 Å². The number of hydrogen-bond donors (Lipinski definition) is 1. The van der Waals surface area contributed by atoms with Gasteiger partial charge in [0.25, 0.3) is 0 Å². The number of phenols is 1. The summed E-state index contributed by atoms with van der Waals surface area (Å²) in [4.78, 5) is 0. The van der Waals surface area contributed by atoms with Crippen LogP contribution in [0.25, 0.3) is 0 Å². The van der Waals surface area contributed by atoms with Gasteiger partial charge < -0.3 is 5.11 Å². The molecule has 0 atom stereocenters. The van der Waals surface area contributed by atoms with Gasteiger partial charge >= 0.3 is 0 Å². The van der Waals surface area contributed by atoms with Crippen LogP contribution in [0, 0.1) is 6.92 Å². The van der Waals surface area contributed by atoms with Gasteiger partial charge in [-0.25, -0.2) is 0 Å². The molecule has 0 saturated heterocycles. The number of aryl methyl sites for hydroxylation is 1. The minimum atomic E-state index is 0.258. The minimum Gasteiger partial charge on any atom is -0.507 e. The summed E-state index contributed by atoms with van der Waals surface area (Å²) < 4.78 is 0. The minimum absolute atomic E-state index is 0.258. The van der Waals surface area contributed by atoms with Gasteiger partial charge in [0.15, 0.2) is 0 Å². The molecular weight excluding hydrogens is 196 g/mol. The predicted molar refractivity (Wildman–Crippen MR) is 61.3 cm³/mol. The Kier molecular flexibility index (Phi) is 3.43. The van der Waals surface area contributed by atoms with Crippen LogP contribution in [-0.2, 0) is 6.42 Å². The van der Waals surface area contributed by atoms with Crippen LogP contribution in [0.3, 0.4) is 0 Å². The van der Waals surface area contributed by atoms with Crippen molar-refractivity contribution >= 4 is 11.6 Å². The molecule has 0 aliphatic carbocycles. The smallest absolute Gasteiger partial charge is 0.123 e. The maximum absolute atomic E-state index is 10.0. The Morgan fingerprint density at radius 1 is 1.43 bits per heavy atom. The van der Waals surface area contributed by atoms with Crippen molar-refractivity contribution in [2.75, 3.05) is 0 Å². The fraction of sp³-hybridized carbons (Fsp3) is 0.500. The molecule has 0 saturated carbocycles. The Bertz CT molecular complexity index is 343. The van der Waals surface area contributed by atoms with Crippen LogP contribution in [0.4, 0.5) is 0 Å². The normalized spacial score (nSPS) is 11.0. The molecule has 2 heteroatoms. The molecule has 0 aromatic heterocycles. The SMILES string of the molecule is CCc1c(C)cc(Cl)c(C(C)C)c1O. The highest BCUT2D eigenvalue weighted by Gasteiger charge is 2.15. The molecule has 0 spiro atoms. The van der Waals surface area contributed by atoms with Crippen molar-refractivity contribution < 1.29 is 5.11 Å². The molecule has 0 radical (unpaired) electrons. The third kappa shape index (κ3) is 1.88. The molecule has 1 aromatic rings. The van der Waals surface area contributed by atoms with Gasteiger partial charge in [0, 0.05) is 10.6 Å². The molecule has 0 heterocycles. The molecule has 1 rings (SSSR count). The van der Waals surface area contributed by atoms with E-state index in [4.69, 9.17) is 11.6 Å². The van der Waals surface area contributed by atoms with Crippen molar-refractivity contribution in [2.45, 2.75) is 40.0 Å². The van der Waals surface area contributed by atoms with E-state index in [1.165, 1.54) is 0 Å². The fourth-order valence-electron chi connectivity index (χ4n) is 1.81. The van der Waals surface area contributed by atoms with Gasteiger partial charge in [-0.05, 0) is 36.5 Å². The van der Waals surface area contributed by atoms with Gasteiger partial charge in [0.2, 0.25) is 0 Å².